The summed E-state index contributed by atoms with van der Waals surface area (Å²) in [5.41, 5.74) is 0. The van der Waals surface area contributed by atoms with Gasteiger partial charge in [-0.1, -0.05) is 0 Å². The molecule has 7 heteroatoms. The third kappa shape index (κ3) is 8.35. The first-order valence-corrected chi connectivity index (χ1v) is 4.77. The van der Waals surface area contributed by atoms with Gasteiger partial charge < -0.3 is 0 Å². The summed E-state index contributed by atoms with van der Waals surface area (Å²) in [6, 6.07) is 0. The van der Waals surface area contributed by atoms with Gasteiger partial charge in [0.2, 0.25) is 0 Å². The summed E-state index contributed by atoms with van der Waals surface area (Å²) in [6.07, 6.45) is -5.64. The lowest BCUT2D eigenvalue weighted by atomic mass is 10.5. The molecule has 64 valence electrons. The van der Waals surface area contributed by atoms with Crippen LogP contribution in [0.25, 0.3) is 0 Å². The molecule has 0 aliphatic rings. The van der Waals surface area contributed by atoms with E-state index in [1.807, 2.05) is 0 Å². The fraction of sp³-hybridized carbons (Fsp3) is 1.00. The number of halogens is 4. The Balaban J connectivity index is 3.56. The molecule has 0 saturated heterocycles. The van der Waals surface area contributed by atoms with Crippen LogP contribution in [-0.2, 0) is 0 Å². The number of alkyl halides is 3. The monoisotopic (exact) mass is 198 g/mol. The largest absolute Gasteiger partial charge is 0.390 e. The summed E-state index contributed by atoms with van der Waals surface area (Å²) in [5, 5.41) is 0. The summed E-state index contributed by atoms with van der Waals surface area (Å²) >= 11 is 0. The highest BCUT2D eigenvalue weighted by Crippen LogP contribution is 2.46. The minimum absolute atomic E-state index is 0.835. The van der Waals surface area contributed by atoms with Crippen molar-refractivity contribution in [2.45, 2.75) is 12.6 Å². The van der Waals surface area contributed by atoms with E-state index in [1.165, 1.54) is 0 Å². The Morgan fingerprint density at radius 3 is 1.80 bits per heavy atom. The maximum atomic E-state index is 11.3. The summed E-state index contributed by atoms with van der Waals surface area (Å²) in [5.74, 6) is -0.835. The van der Waals surface area contributed by atoms with Gasteiger partial charge in [-0.25, -0.2) is 0 Å². The predicted molar refractivity (Wildman–Crippen MR) is 34.2 cm³/mol. The summed E-state index contributed by atoms with van der Waals surface area (Å²) < 4.78 is 50.5. The molecule has 0 rings (SSSR count). The molecular weight excluding hydrogens is 193 g/mol. The summed E-state index contributed by atoms with van der Waals surface area (Å²) in [4.78, 5) is 0. The second kappa shape index (κ2) is 3.17. The Morgan fingerprint density at radius 1 is 1.30 bits per heavy atom. The fourth-order valence-electron chi connectivity index (χ4n) is 0.246. The minimum atomic E-state index is -4.38. The van der Waals surface area contributed by atoms with Crippen molar-refractivity contribution in [3.8, 4) is 0 Å². The lowest BCUT2D eigenvalue weighted by Crippen LogP contribution is -2.11. The molecule has 0 aromatic rings. The van der Waals surface area contributed by atoms with Crippen LogP contribution in [0.3, 0.4) is 0 Å². The molecule has 0 radical (unpaired) electrons. The van der Waals surface area contributed by atoms with Gasteiger partial charge in [0, 0.05) is 10.7 Å². The van der Waals surface area contributed by atoms with Crippen molar-refractivity contribution >= 4 is 20.5 Å². The van der Waals surface area contributed by atoms with Gasteiger partial charge in [-0.05, 0) is 0 Å². The molecule has 0 fully saturated rings. The molecule has 0 amide bonds. The first kappa shape index (κ1) is 10.3. The van der Waals surface area contributed by atoms with Gasteiger partial charge in [0.05, 0.1) is 12.2 Å². The molecule has 0 saturated carbocycles. The van der Waals surface area contributed by atoms with Crippen molar-refractivity contribution in [1.82, 2.24) is 0 Å². The van der Waals surface area contributed by atoms with Crippen LogP contribution >= 0.6 is 20.5 Å². The smallest absolute Gasteiger partial charge is 0.285 e. The first-order chi connectivity index (χ1) is 4.21. The molecule has 0 aromatic carbocycles. The Hall–Kier alpha value is 0.350. The van der Waals surface area contributed by atoms with Gasteiger partial charge in [-0.2, -0.15) is 13.2 Å². The summed E-state index contributed by atoms with van der Waals surface area (Å²) in [7, 11) is 1.23. The average molecular weight is 199 g/mol. The van der Waals surface area contributed by atoms with Gasteiger partial charge >= 0.3 is 6.18 Å². The van der Waals surface area contributed by atoms with Crippen molar-refractivity contribution in [2.24, 2.45) is 0 Å². The quantitative estimate of drug-likeness (QED) is 0.716. The Bertz CT molecular complexity index is 95.3. The molecule has 0 spiro atoms. The predicted octanol–water partition coefficient (Wildman–Crippen LogP) is 2.84. The second-order valence-corrected chi connectivity index (χ2v) is 4.72. The molecule has 2 N–H and O–H groups in total. The molecule has 0 aliphatic carbocycles. The molecule has 0 bridgehead atoms. The van der Waals surface area contributed by atoms with Crippen molar-refractivity contribution in [3.63, 3.8) is 0 Å². The van der Waals surface area contributed by atoms with Crippen LogP contribution in [0.1, 0.15) is 6.42 Å². The SMILES string of the molecule is OS(O)(Cl)CCC(F)(F)F. The van der Waals surface area contributed by atoms with Crippen LogP contribution in [0.5, 0.6) is 0 Å². The van der Waals surface area contributed by atoms with Gasteiger partial charge in [0.1, 0.15) is 0 Å². The number of rotatable bonds is 2. The van der Waals surface area contributed by atoms with E-state index < -0.39 is 28.2 Å². The maximum absolute atomic E-state index is 11.3. The summed E-state index contributed by atoms with van der Waals surface area (Å²) in [6.45, 7) is 0. The van der Waals surface area contributed by atoms with Gasteiger partial charge in [0.15, 0.2) is 0 Å². The van der Waals surface area contributed by atoms with E-state index in [9.17, 15) is 13.2 Å². The van der Waals surface area contributed by atoms with E-state index in [0.717, 1.165) is 0 Å². The highest BCUT2D eigenvalue weighted by Gasteiger charge is 2.29. The fourth-order valence-corrected chi connectivity index (χ4v) is 0.968. The van der Waals surface area contributed by atoms with E-state index in [2.05, 4.69) is 0 Å². The highest BCUT2D eigenvalue weighted by molar-refractivity contribution is 8.43. The zero-order valence-corrected chi connectivity index (χ0v) is 6.30. The Labute approximate surface area is 61.8 Å². The molecular formula is C3H6ClF3O2S. The standard InChI is InChI=1S/C3H6ClF3O2S/c4-10(8,9)2-1-3(5,6)7/h8-9H,1-2H2. The third-order valence-corrected chi connectivity index (χ3v) is 1.83. The van der Waals surface area contributed by atoms with Crippen LogP contribution in [0, 0.1) is 0 Å². The van der Waals surface area contributed by atoms with Gasteiger partial charge in [0.25, 0.3) is 0 Å². The second-order valence-electron chi connectivity index (χ2n) is 1.66. The molecule has 0 aliphatic heterocycles. The van der Waals surface area contributed by atoms with Crippen molar-refractivity contribution in [3.05, 3.63) is 0 Å². The highest BCUT2D eigenvalue weighted by atomic mass is 35.7. The molecule has 0 aromatic heterocycles. The minimum Gasteiger partial charge on any atom is -0.285 e. The van der Waals surface area contributed by atoms with Gasteiger partial charge in [-0.15, -0.1) is 9.80 Å². The van der Waals surface area contributed by atoms with E-state index >= 15 is 0 Å². The zero-order valence-electron chi connectivity index (χ0n) is 4.73. The van der Waals surface area contributed by atoms with Gasteiger partial charge in [-0.3, -0.25) is 9.11 Å². The van der Waals surface area contributed by atoms with E-state index in [1.54, 1.807) is 0 Å². The van der Waals surface area contributed by atoms with E-state index in [4.69, 9.17) is 19.8 Å². The average Bonchev–Trinajstić information content (AvgIpc) is 1.57. The molecule has 0 atom stereocenters. The van der Waals surface area contributed by atoms with Crippen molar-refractivity contribution in [2.75, 3.05) is 5.75 Å². The first-order valence-electron chi connectivity index (χ1n) is 2.23. The molecule has 0 unspecified atom stereocenters. The van der Waals surface area contributed by atoms with Crippen molar-refractivity contribution < 1.29 is 22.3 Å². The van der Waals surface area contributed by atoms with Crippen molar-refractivity contribution in [1.29, 1.82) is 0 Å². The topological polar surface area (TPSA) is 40.5 Å². The van der Waals surface area contributed by atoms with Crippen LogP contribution < -0.4 is 0 Å². The molecule has 2 nitrogen and oxygen atoms in total. The van der Waals surface area contributed by atoms with Crippen LogP contribution in [0.4, 0.5) is 13.2 Å². The van der Waals surface area contributed by atoms with E-state index in [0.29, 0.717) is 0 Å². The third-order valence-electron chi connectivity index (χ3n) is 0.645. The Kier molecular flexibility index (Phi) is 3.28. The normalized spacial score (nSPS) is 15.4. The zero-order chi connectivity index (χ0) is 8.41. The maximum Gasteiger partial charge on any atom is 0.390 e. The number of hydrogen-bond acceptors (Lipinski definition) is 2. The van der Waals surface area contributed by atoms with Crippen LogP contribution in [-0.4, -0.2) is 21.0 Å². The molecule has 10 heavy (non-hydrogen) atoms. The lowest BCUT2D eigenvalue weighted by Gasteiger charge is -2.22. The van der Waals surface area contributed by atoms with Crippen LogP contribution in [0.15, 0.2) is 0 Å². The Morgan fingerprint density at radius 2 is 1.70 bits per heavy atom. The van der Waals surface area contributed by atoms with E-state index in [-0.39, 0.29) is 0 Å². The molecule has 0 heterocycles. The van der Waals surface area contributed by atoms with Crippen LogP contribution in [0.2, 0.25) is 0 Å². The lowest BCUT2D eigenvalue weighted by molar-refractivity contribution is -0.130. The number of hydrogen-bond donors (Lipinski definition) is 2.